The predicted molar refractivity (Wildman–Crippen MR) is 67.9 cm³/mol. The maximum Gasteiger partial charge on any atom is 0.225 e. The first-order valence-corrected chi connectivity index (χ1v) is 6.27. The fourth-order valence-corrected chi connectivity index (χ4v) is 2.01. The predicted octanol–water partition coefficient (Wildman–Crippen LogP) is 3.84. The number of hydrogen-bond donors (Lipinski definition) is 0. The SMILES string of the molecule is CCC(C)C(C)n1c(Cl)nnc1C(C)(C)C. The van der Waals surface area contributed by atoms with Gasteiger partial charge >= 0.3 is 0 Å². The van der Waals surface area contributed by atoms with Gasteiger partial charge in [0.05, 0.1) is 0 Å². The van der Waals surface area contributed by atoms with Gasteiger partial charge in [0.15, 0.2) is 0 Å². The zero-order chi connectivity index (χ0) is 12.5. The molecule has 0 aliphatic rings. The molecule has 1 heterocycles. The van der Waals surface area contributed by atoms with Crippen LogP contribution in [0.15, 0.2) is 0 Å². The van der Waals surface area contributed by atoms with Crippen LogP contribution in [-0.4, -0.2) is 14.8 Å². The minimum Gasteiger partial charge on any atom is -0.298 e. The summed E-state index contributed by atoms with van der Waals surface area (Å²) >= 11 is 6.14. The highest BCUT2D eigenvalue weighted by Gasteiger charge is 2.27. The molecule has 0 spiro atoms. The lowest BCUT2D eigenvalue weighted by Crippen LogP contribution is -2.24. The number of halogens is 1. The van der Waals surface area contributed by atoms with Gasteiger partial charge in [0.1, 0.15) is 5.82 Å². The van der Waals surface area contributed by atoms with Crippen LogP contribution in [0.5, 0.6) is 0 Å². The molecule has 92 valence electrons. The van der Waals surface area contributed by atoms with Crippen LogP contribution >= 0.6 is 11.6 Å². The second-order valence-corrected chi connectivity index (χ2v) is 5.88. The third-order valence-electron chi connectivity index (χ3n) is 3.20. The normalized spacial score (nSPS) is 16.2. The third-order valence-corrected chi connectivity index (χ3v) is 3.46. The zero-order valence-corrected chi connectivity index (χ0v) is 11.8. The molecule has 0 aromatic carbocycles. The van der Waals surface area contributed by atoms with Crippen molar-refractivity contribution in [3.63, 3.8) is 0 Å². The molecule has 16 heavy (non-hydrogen) atoms. The van der Waals surface area contributed by atoms with Crippen LogP contribution in [0, 0.1) is 5.92 Å². The Kier molecular flexibility index (Phi) is 4.00. The Bertz CT molecular complexity index is 352. The van der Waals surface area contributed by atoms with Gasteiger partial charge in [-0.05, 0) is 24.4 Å². The first kappa shape index (κ1) is 13.5. The summed E-state index contributed by atoms with van der Waals surface area (Å²) in [5.74, 6) is 1.53. The smallest absolute Gasteiger partial charge is 0.225 e. The molecule has 0 aliphatic carbocycles. The summed E-state index contributed by atoms with van der Waals surface area (Å²) in [5, 5.41) is 8.70. The summed E-state index contributed by atoms with van der Waals surface area (Å²) in [4.78, 5) is 0. The lowest BCUT2D eigenvalue weighted by atomic mass is 9.93. The highest BCUT2D eigenvalue weighted by atomic mass is 35.5. The van der Waals surface area contributed by atoms with Crippen LogP contribution in [0.3, 0.4) is 0 Å². The van der Waals surface area contributed by atoms with Crippen molar-refractivity contribution < 1.29 is 0 Å². The average Bonchev–Trinajstić information content (AvgIpc) is 2.57. The lowest BCUT2D eigenvalue weighted by molar-refractivity contribution is 0.344. The Hall–Kier alpha value is -0.570. The summed E-state index contributed by atoms with van der Waals surface area (Å²) in [6.45, 7) is 13.0. The molecule has 4 heteroatoms. The van der Waals surface area contributed by atoms with E-state index in [0.29, 0.717) is 17.2 Å². The second-order valence-electron chi connectivity index (χ2n) is 5.54. The molecule has 0 radical (unpaired) electrons. The van der Waals surface area contributed by atoms with Crippen LogP contribution in [0.1, 0.15) is 59.8 Å². The fraction of sp³-hybridized carbons (Fsp3) is 0.833. The van der Waals surface area contributed by atoms with Gasteiger partial charge in [-0.2, -0.15) is 0 Å². The van der Waals surface area contributed by atoms with Crippen molar-refractivity contribution in [2.45, 2.75) is 59.4 Å². The zero-order valence-electron chi connectivity index (χ0n) is 11.1. The van der Waals surface area contributed by atoms with Gasteiger partial charge in [-0.15, -0.1) is 10.2 Å². The molecule has 1 aromatic rings. The van der Waals surface area contributed by atoms with E-state index >= 15 is 0 Å². The summed E-state index contributed by atoms with van der Waals surface area (Å²) < 4.78 is 2.07. The Balaban J connectivity index is 3.17. The lowest BCUT2D eigenvalue weighted by Gasteiger charge is -2.26. The van der Waals surface area contributed by atoms with E-state index in [1.807, 2.05) is 0 Å². The molecular weight excluding hydrogens is 222 g/mol. The van der Waals surface area contributed by atoms with Crippen molar-refractivity contribution in [3.05, 3.63) is 11.1 Å². The van der Waals surface area contributed by atoms with E-state index in [1.54, 1.807) is 0 Å². The molecule has 1 aromatic heterocycles. The molecule has 0 saturated carbocycles. The molecule has 0 aliphatic heterocycles. The average molecular weight is 244 g/mol. The van der Waals surface area contributed by atoms with Gasteiger partial charge in [-0.25, -0.2) is 0 Å². The van der Waals surface area contributed by atoms with Crippen LogP contribution in [0.2, 0.25) is 5.28 Å². The van der Waals surface area contributed by atoms with Crippen LogP contribution < -0.4 is 0 Å². The molecule has 2 unspecified atom stereocenters. The van der Waals surface area contributed by atoms with Crippen LogP contribution in [0.25, 0.3) is 0 Å². The number of nitrogens with zero attached hydrogens (tertiary/aromatic N) is 3. The van der Waals surface area contributed by atoms with E-state index in [4.69, 9.17) is 11.6 Å². The van der Waals surface area contributed by atoms with Crippen molar-refractivity contribution in [2.24, 2.45) is 5.92 Å². The van der Waals surface area contributed by atoms with Crippen LogP contribution in [-0.2, 0) is 5.41 Å². The molecule has 3 nitrogen and oxygen atoms in total. The minimum atomic E-state index is -0.0259. The molecule has 0 N–H and O–H groups in total. The number of aromatic nitrogens is 3. The van der Waals surface area contributed by atoms with Gasteiger partial charge in [0.25, 0.3) is 0 Å². The number of rotatable bonds is 3. The molecule has 0 amide bonds. The van der Waals surface area contributed by atoms with Gasteiger partial charge < -0.3 is 0 Å². The Morgan fingerprint density at radius 3 is 2.25 bits per heavy atom. The molecular formula is C12H22ClN3. The number of hydrogen-bond acceptors (Lipinski definition) is 2. The van der Waals surface area contributed by atoms with Crippen molar-refractivity contribution in [2.75, 3.05) is 0 Å². The van der Waals surface area contributed by atoms with Crippen molar-refractivity contribution in [1.82, 2.24) is 14.8 Å². The van der Waals surface area contributed by atoms with E-state index in [2.05, 4.69) is 56.3 Å². The van der Waals surface area contributed by atoms with E-state index < -0.39 is 0 Å². The van der Waals surface area contributed by atoms with Crippen LogP contribution in [0.4, 0.5) is 0 Å². The second kappa shape index (κ2) is 4.74. The van der Waals surface area contributed by atoms with Gasteiger partial charge in [-0.3, -0.25) is 4.57 Å². The highest BCUT2D eigenvalue weighted by molar-refractivity contribution is 6.28. The van der Waals surface area contributed by atoms with Gasteiger partial charge in [-0.1, -0.05) is 41.0 Å². The van der Waals surface area contributed by atoms with Crippen molar-refractivity contribution >= 4 is 11.6 Å². The Labute approximate surface area is 103 Å². The largest absolute Gasteiger partial charge is 0.298 e. The van der Waals surface area contributed by atoms with E-state index in [0.717, 1.165) is 12.2 Å². The highest BCUT2D eigenvalue weighted by Crippen LogP contribution is 2.30. The molecule has 0 fully saturated rings. The minimum absolute atomic E-state index is 0.0259. The first-order valence-electron chi connectivity index (χ1n) is 5.89. The Morgan fingerprint density at radius 1 is 1.25 bits per heavy atom. The molecule has 2 atom stereocenters. The summed E-state index contributed by atoms with van der Waals surface area (Å²) in [6.07, 6.45) is 1.12. The maximum atomic E-state index is 6.14. The summed E-state index contributed by atoms with van der Waals surface area (Å²) in [6, 6.07) is 0.335. The topological polar surface area (TPSA) is 30.7 Å². The van der Waals surface area contributed by atoms with Crippen molar-refractivity contribution in [3.8, 4) is 0 Å². The molecule has 0 saturated heterocycles. The molecule has 0 bridgehead atoms. The van der Waals surface area contributed by atoms with Crippen molar-refractivity contribution in [1.29, 1.82) is 0 Å². The summed E-state index contributed by atoms with van der Waals surface area (Å²) in [5.41, 5.74) is -0.0259. The quantitative estimate of drug-likeness (QED) is 0.808. The maximum absolute atomic E-state index is 6.14. The monoisotopic (exact) mass is 243 g/mol. The fourth-order valence-electron chi connectivity index (χ4n) is 1.74. The summed E-state index contributed by atoms with van der Waals surface area (Å²) in [7, 11) is 0. The van der Waals surface area contributed by atoms with E-state index in [9.17, 15) is 0 Å². The first-order chi connectivity index (χ1) is 7.29. The Morgan fingerprint density at radius 2 is 1.81 bits per heavy atom. The van der Waals surface area contributed by atoms with Gasteiger partial charge in [0, 0.05) is 11.5 Å². The molecule has 1 rings (SSSR count). The van der Waals surface area contributed by atoms with E-state index in [-0.39, 0.29) is 5.41 Å². The standard InChI is InChI=1S/C12H22ClN3/c1-7-8(2)9(3)16-10(12(4,5)6)14-15-11(16)13/h8-9H,7H2,1-6H3. The van der Waals surface area contributed by atoms with Gasteiger partial charge in [0.2, 0.25) is 5.28 Å². The third kappa shape index (κ3) is 2.57. The van der Waals surface area contributed by atoms with E-state index in [1.165, 1.54) is 0 Å².